The highest BCUT2D eigenvalue weighted by Crippen LogP contribution is 2.38. The lowest BCUT2D eigenvalue weighted by molar-refractivity contribution is 0.414. The van der Waals surface area contributed by atoms with E-state index in [1.807, 2.05) is 66.9 Å². The molecule has 0 amide bonds. The third-order valence-electron chi connectivity index (χ3n) is 5.10. The second-order valence-corrected chi connectivity index (χ2v) is 6.62. The maximum atomic E-state index is 12.8. The molecule has 5 aromatic rings. The molecule has 4 heteroatoms. The number of aryl methyl sites for hydroxylation is 1. The number of methoxy groups -OCH3 is 1. The SMILES string of the molecule is COc1ccc(-c2c3c4ccccc4oc(=O)c3c3ccccn23)c(C)c1. The van der Waals surface area contributed by atoms with Crippen molar-refractivity contribution in [2.45, 2.75) is 6.92 Å². The van der Waals surface area contributed by atoms with Gasteiger partial charge in [0.05, 0.1) is 23.7 Å². The van der Waals surface area contributed by atoms with Gasteiger partial charge in [0.15, 0.2) is 0 Å². The number of pyridine rings is 1. The third kappa shape index (κ3) is 2.20. The summed E-state index contributed by atoms with van der Waals surface area (Å²) in [5.74, 6) is 0.811. The summed E-state index contributed by atoms with van der Waals surface area (Å²) in [6, 6.07) is 19.6. The molecule has 27 heavy (non-hydrogen) atoms. The molecule has 4 nitrogen and oxygen atoms in total. The first-order chi connectivity index (χ1) is 13.2. The van der Waals surface area contributed by atoms with E-state index in [0.717, 1.165) is 38.9 Å². The number of rotatable bonds is 2. The fourth-order valence-electron chi connectivity index (χ4n) is 3.88. The van der Waals surface area contributed by atoms with Crippen LogP contribution in [-0.2, 0) is 0 Å². The standard InChI is InChI=1S/C23H17NO3/c1-14-13-15(26-2)10-11-16(14)22-20-17-7-3-4-9-19(17)27-23(25)21(20)18-8-5-6-12-24(18)22/h3-13H,1-2H3. The molecule has 3 aromatic heterocycles. The zero-order valence-electron chi connectivity index (χ0n) is 15.0. The molecule has 0 aliphatic carbocycles. The van der Waals surface area contributed by atoms with E-state index in [2.05, 4.69) is 11.3 Å². The van der Waals surface area contributed by atoms with E-state index in [0.29, 0.717) is 11.0 Å². The summed E-state index contributed by atoms with van der Waals surface area (Å²) in [5.41, 5.74) is 4.25. The highest BCUT2D eigenvalue weighted by molar-refractivity contribution is 6.17. The lowest BCUT2D eigenvalue weighted by Crippen LogP contribution is -1.98. The number of benzene rings is 2. The van der Waals surface area contributed by atoms with Crippen molar-refractivity contribution in [3.63, 3.8) is 0 Å². The maximum Gasteiger partial charge on any atom is 0.346 e. The molecule has 0 atom stereocenters. The van der Waals surface area contributed by atoms with Crippen molar-refractivity contribution in [3.8, 4) is 17.0 Å². The molecule has 2 aromatic carbocycles. The Hall–Kier alpha value is -3.53. The van der Waals surface area contributed by atoms with Crippen molar-refractivity contribution in [2.24, 2.45) is 0 Å². The Morgan fingerprint density at radius 3 is 2.59 bits per heavy atom. The van der Waals surface area contributed by atoms with Crippen molar-refractivity contribution in [3.05, 3.63) is 82.8 Å². The van der Waals surface area contributed by atoms with Crippen LogP contribution in [0.4, 0.5) is 0 Å². The molecular formula is C23H17NO3. The lowest BCUT2D eigenvalue weighted by atomic mass is 10.0. The summed E-state index contributed by atoms with van der Waals surface area (Å²) < 4.78 is 13.0. The molecule has 0 fully saturated rings. The van der Waals surface area contributed by atoms with Gasteiger partial charge in [-0.2, -0.15) is 0 Å². The molecule has 0 N–H and O–H groups in total. The first-order valence-electron chi connectivity index (χ1n) is 8.78. The van der Waals surface area contributed by atoms with E-state index in [-0.39, 0.29) is 5.63 Å². The van der Waals surface area contributed by atoms with Gasteiger partial charge in [-0.15, -0.1) is 0 Å². The fraction of sp³-hybridized carbons (Fsp3) is 0.0870. The van der Waals surface area contributed by atoms with Crippen LogP contribution < -0.4 is 10.4 Å². The Balaban J connectivity index is 2.06. The number of nitrogens with zero attached hydrogens (tertiary/aromatic N) is 1. The van der Waals surface area contributed by atoms with Crippen molar-refractivity contribution >= 4 is 27.3 Å². The van der Waals surface area contributed by atoms with Crippen molar-refractivity contribution in [1.82, 2.24) is 4.40 Å². The molecule has 0 saturated carbocycles. The van der Waals surface area contributed by atoms with Gasteiger partial charge in [-0.25, -0.2) is 4.79 Å². The molecule has 132 valence electrons. The van der Waals surface area contributed by atoms with E-state index >= 15 is 0 Å². The maximum absolute atomic E-state index is 12.8. The predicted molar refractivity (Wildman–Crippen MR) is 108 cm³/mol. The van der Waals surface area contributed by atoms with Crippen LogP contribution in [0.25, 0.3) is 38.5 Å². The summed E-state index contributed by atoms with van der Waals surface area (Å²) in [4.78, 5) is 12.8. The van der Waals surface area contributed by atoms with Gasteiger partial charge in [-0.1, -0.05) is 24.3 Å². The summed E-state index contributed by atoms with van der Waals surface area (Å²) >= 11 is 0. The number of para-hydroxylation sites is 1. The quantitative estimate of drug-likeness (QED) is 0.410. The van der Waals surface area contributed by atoms with E-state index in [4.69, 9.17) is 9.15 Å². The zero-order chi connectivity index (χ0) is 18.5. The summed E-state index contributed by atoms with van der Waals surface area (Å²) in [5, 5.41) is 2.46. The highest BCUT2D eigenvalue weighted by Gasteiger charge is 2.20. The molecule has 0 spiro atoms. The van der Waals surface area contributed by atoms with Gasteiger partial charge in [0.2, 0.25) is 0 Å². The van der Waals surface area contributed by atoms with Crippen LogP contribution in [-0.4, -0.2) is 11.5 Å². The van der Waals surface area contributed by atoms with Crippen LogP contribution >= 0.6 is 0 Å². The number of fused-ring (bicyclic) bond motifs is 5. The summed E-state index contributed by atoms with van der Waals surface area (Å²) in [6.45, 7) is 2.06. The van der Waals surface area contributed by atoms with Crippen LogP contribution in [0.2, 0.25) is 0 Å². The highest BCUT2D eigenvalue weighted by atomic mass is 16.5. The minimum Gasteiger partial charge on any atom is -0.497 e. The van der Waals surface area contributed by atoms with E-state index in [1.165, 1.54) is 0 Å². The Morgan fingerprint density at radius 1 is 0.963 bits per heavy atom. The molecule has 0 radical (unpaired) electrons. The van der Waals surface area contributed by atoms with Gasteiger partial charge in [-0.3, -0.25) is 0 Å². The third-order valence-corrected chi connectivity index (χ3v) is 5.10. The Labute approximate surface area is 155 Å². The van der Waals surface area contributed by atoms with E-state index < -0.39 is 0 Å². The Bertz CT molecular complexity index is 1390. The van der Waals surface area contributed by atoms with Gasteiger partial charge < -0.3 is 13.6 Å². The number of ether oxygens (including phenoxy) is 1. The molecule has 5 rings (SSSR count). The predicted octanol–water partition coefficient (Wildman–Crippen LogP) is 5.18. The molecule has 0 aliphatic heterocycles. The molecule has 0 unspecified atom stereocenters. The number of aromatic nitrogens is 1. The number of hydrogen-bond donors (Lipinski definition) is 0. The Morgan fingerprint density at radius 2 is 1.78 bits per heavy atom. The zero-order valence-corrected chi connectivity index (χ0v) is 15.0. The Kier molecular flexibility index (Phi) is 3.34. The summed E-state index contributed by atoms with van der Waals surface area (Å²) in [6.07, 6.45) is 1.99. The van der Waals surface area contributed by atoms with Crippen LogP contribution in [0.5, 0.6) is 5.75 Å². The smallest absolute Gasteiger partial charge is 0.346 e. The molecule has 0 bridgehead atoms. The van der Waals surface area contributed by atoms with Crippen LogP contribution in [0, 0.1) is 6.92 Å². The van der Waals surface area contributed by atoms with E-state index in [9.17, 15) is 4.79 Å². The van der Waals surface area contributed by atoms with Crippen LogP contribution in [0.15, 0.2) is 76.1 Å². The normalized spacial score (nSPS) is 11.5. The van der Waals surface area contributed by atoms with E-state index in [1.54, 1.807) is 7.11 Å². The largest absolute Gasteiger partial charge is 0.497 e. The second-order valence-electron chi connectivity index (χ2n) is 6.62. The fourth-order valence-corrected chi connectivity index (χ4v) is 3.88. The average Bonchev–Trinajstić information content (AvgIpc) is 3.04. The molecular weight excluding hydrogens is 338 g/mol. The number of hydrogen-bond acceptors (Lipinski definition) is 3. The van der Waals surface area contributed by atoms with Crippen molar-refractivity contribution < 1.29 is 9.15 Å². The molecule has 0 aliphatic rings. The van der Waals surface area contributed by atoms with Crippen molar-refractivity contribution in [1.29, 1.82) is 0 Å². The monoisotopic (exact) mass is 355 g/mol. The topological polar surface area (TPSA) is 43.8 Å². The molecule has 0 saturated heterocycles. The van der Waals surface area contributed by atoms with Crippen LogP contribution in [0.3, 0.4) is 0 Å². The minimum atomic E-state index is -0.315. The lowest BCUT2D eigenvalue weighted by Gasteiger charge is -2.10. The van der Waals surface area contributed by atoms with Crippen LogP contribution in [0.1, 0.15) is 5.56 Å². The van der Waals surface area contributed by atoms with Gasteiger partial charge in [0, 0.05) is 22.5 Å². The second kappa shape index (κ2) is 5.74. The first kappa shape index (κ1) is 15.7. The first-order valence-corrected chi connectivity index (χ1v) is 8.78. The van der Waals surface area contributed by atoms with Gasteiger partial charge in [-0.05, 0) is 48.9 Å². The molecule has 3 heterocycles. The van der Waals surface area contributed by atoms with Crippen molar-refractivity contribution in [2.75, 3.05) is 7.11 Å². The summed E-state index contributed by atoms with van der Waals surface area (Å²) in [7, 11) is 1.66. The van der Waals surface area contributed by atoms with Gasteiger partial charge in [0.25, 0.3) is 0 Å². The minimum absolute atomic E-state index is 0.315. The van der Waals surface area contributed by atoms with Gasteiger partial charge >= 0.3 is 5.63 Å². The average molecular weight is 355 g/mol. The van der Waals surface area contributed by atoms with Gasteiger partial charge in [0.1, 0.15) is 11.3 Å².